The Morgan fingerprint density at radius 2 is 2.17 bits per heavy atom. The van der Waals surface area contributed by atoms with E-state index in [1.54, 1.807) is 6.07 Å². The zero-order valence-corrected chi connectivity index (χ0v) is 6.70. The van der Waals surface area contributed by atoms with Gasteiger partial charge in [0.2, 0.25) is 6.34 Å². The molecule has 0 spiro atoms. The van der Waals surface area contributed by atoms with E-state index in [9.17, 15) is 5.11 Å². The lowest BCUT2D eigenvalue weighted by Gasteiger charge is -2.00. The van der Waals surface area contributed by atoms with Crippen molar-refractivity contribution >= 4 is 12.0 Å². The number of hydrogen-bond acceptors (Lipinski definition) is 2. The Labute approximate surface area is 71.0 Å². The number of benzene rings is 1. The van der Waals surface area contributed by atoms with Gasteiger partial charge in [-0.05, 0) is 12.1 Å². The van der Waals surface area contributed by atoms with Crippen LogP contribution in [0.4, 0.5) is 5.69 Å². The molecule has 0 bridgehead atoms. The molecule has 1 aromatic carbocycles. The molecule has 0 saturated carbocycles. The Kier molecular flexibility index (Phi) is 1.70. The molecule has 1 aromatic rings. The van der Waals surface area contributed by atoms with E-state index in [-0.39, 0.29) is 0 Å². The highest BCUT2D eigenvalue weighted by Crippen LogP contribution is 2.24. The highest BCUT2D eigenvalue weighted by Gasteiger charge is 2.13. The van der Waals surface area contributed by atoms with Crippen LogP contribution in [0.3, 0.4) is 0 Å². The van der Waals surface area contributed by atoms with Crippen molar-refractivity contribution in [2.75, 3.05) is 13.1 Å². The maximum Gasteiger partial charge on any atom is 0.237 e. The van der Waals surface area contributed by atoms with E-state index in [0.717, 1.165) is 18.8 Å². The van der Waals surface area contributed by atoms with E-state index in [2.05, 4.69) is 5.32 Å². The van der Waals surface area contributed by atoms with Gasteiger partial charge in [0.15, 0.2) is 11.4 Å². The van der Waals surface area contributed by atoms with Crippen molar-refractivity contribution in [2.24, 2.45) is 0 Å². The number of nitrogens with one attached hydrogen (secondary N) is 1. The molecule has 2 rings (SSSR count). The molecule has 62 valence electrons. The fourth-order valence-corrected chi connectivity index (χ4v) is 1.32. The van der Waals surface area contributed by atoms with Gasteiger partial charge in [-0.25, -0.2) is 4.58 Å². The lowest BCUT2D eigenvalue weighted by atomic mass is 10.3. The maximum atomic E-state index is 9.48. The third kappa shape index (κ3) is 1.13. The monoisotopic (exact) mass is 163 g/mol. The van der Waals surface area contributed by atoms with Crippen LogP contribution in [0.2, 0.25) is 0 Å². The van der Waals surface area contributed by atoms with Gasteiger partial charge in [-0.2, -0.15) is 0 Å². The van der Waals surface area contributed by atoms with Gasteiger partial charge in [-0.3, -0.25) is 5.32 Å². The summed E-state index contributed by atoms with van der Waals surface area (Å²) >= 11 is 0. The molecule has 0 fully saturated rings. The number of aromatic hydroxyl groups is 1. The van der Waals surface area contributed by atoms with E-state index < -0.39 is 0 Å². The summed E-state index contributed by atoms with van der Waals surface area (Å²) in [5.41, 5.74) is 0.863. The predicted molar refractivity (Wildman–Crippen MR) is 47.0 cm³/mol. The predicted octanol–water partition coefficient (Wildman–Crippen LogP) is 0.668. The summed E-state index contributed by atoms with van der Waals surface area (Å²) in [6.07, 6.45) is 1.88. The van der Waals surface area contributed by atoms with Crippen LogP contribution < -0.4 is 5.32 Å². The van der Waals surface area contributed by atoms with Gasteiger partial charge in [0, 0.05) is 0 Å². The van der Waals surface area contributed by atoms with Crippen LogP contribution in [0.5, 0.6) is 5.75 Å². The SMILES string of the molecule is Oc1ccccc1[N+]1=CNCC1. The maximum absolute atomic E-state index is 9.48. The van der Waals surface area contributed by atoms with Gasteiger partial charge in [0.05, 0.1) is 0 Å². The number of hydrogen-bond donors (Lipinski definition) is 2. The molecule has 1 heterocycles. The smallest absolute Gasteiger partial charge is 0.237 e. The topological polar surface area (TPSA) is 35.3 Å². The average Bonchev–Trinajstić information content (AvgIpc) is 2.57. The van der Waals surface area contributed by atoms with Crippen molar-refractivity contribution in [1.29, 1.82) is 0 Å². The van der Waals surface area contributed by atoms with Crippen LogP contribution in [-0.2, 0) is 0 Å². The molecule has 2 N–H and O–H groups in total. The molecular weight excluding hydrogens is 152 g/mol. The second kappa shape index (κ2) is 2.85. The average molecular weight is 163 g/mol. The van der Waals surface area contributed by atoms with Crippen LogP contribution in [0, 0.1) is 0 Å². The molecule has 3 nitrogen and oxygen atoms in total. The summed E-state index contributed by atoms with van der Waals surface area (Å²) in [6, 6.07) is 7.34. The number of phenols is 1. The molecule has 1 aliphatic rings. The van der Waals surface area contributed by atoms with Crippen molar-refractivity contribution in [2.45, 2.75) is 0 Å². The van der Waals surface area contributed by atoms with Gasteiger partial charge in [-0.15, -0.1) is 0 Å². The summed E-state index contributed by atoms with van der Waals surface area (Å²) in [5.74, 6) is 0.331. The molecule has 0 aliphatic carbocycles. The van der Waals surface area contributed by atoms with E-state index in [0.29, 0.717) is 5.75 Å². The molecule has 3 heteroatoms. The molecule has 12 heavy (non-hydrogen) atoms. The van der Waals surface area contributed by atoms with E-state index >= 15 is 0 Å². The van der Waals surface area contributed by atoms with E-state index in [1.165, 1.54) is 0 Å². The first-order valence-electron chi connectivity index (χ1n) is 3.99. The number of phenolic OH excluding ortho intramolecular Hbond substituents is 1. The van der Waals surface area contributed by atoms with Gasteiger partial charge in [0.1, 0.15) is 13.1 Å². The van der Waals surface area contributed by atoms with Crippen LogP contribution in [0.1, 0.15) is 0 Å². The summed E-state index contributed by atoms with van der Waals surface area (Å²) < 4.78 is 2.00. The Morgan fingerprint density at radius 1 is 1.33 bits per heavy atom. The lowest BCUT2D eigenvalue weighted by molar-refractivity contribution is -0.424. The standard InChI is InChI=1S/C9H10N2O/c12-9-4-2-1-3-8(9)11-6-5-10-7-11/h1-4,7,12H,5-6H2/p+1. The molecular formula is C9H11N2O+. The van der Waals surface area contributed by atoms with Crippen molar-refractivity contribution in [3.8, 4) is 5.75 Å². The van der Waals surface area contributed by atoms with E-state index in [4.69, 9.17) is 0 Å². The highest BCUT2D eigenvalue weighted by molar-refractivity contribution is 5.55. The second-order valence-electron chi connectivity index (χ2n) is 2.77. The van der Waals surface area contributed by atoms with Crippen LogP contribution in [0.25, 0.3) is 0 Å². The Morgan fingerprint density at radius 3 is 2.83 bits per heavy atom. The third-order valence-electron chi connectivity index (χ3n) is 1.94. The zero-order chi connectivity index (χ0) is 8.39. The van der Waals surface area contributed by atoms with Crippen molar-refractivity contribution in [3.63, 3.8) is 0 Å². The summed E-state index contributed by atoms with van der Waals surface area (Å²) in [5, 5.41) is 12.6. The number of rotatable bonds is 1. The first-order valence-corrected chi connectivity index (χ1v) is 3.99. The second-order valence-corrected chi connectivity index (χ2v) is 2.77. The van der Waals surface area contributed by atoms with Crippen molar-refractivity contribution in [1.82, 2.24) is 5.32 Å². The fraction of sp³-hybridized carbons (Fsp3) is 0.222. The number of nitrogens with zero attached hydrogens (tertiary/aromatic N) is 1. The fourth-order valence-electron chi connectivity index (χ4n) is 1.32. The van der Waals surface area contributed by atoms with Gasteiger partial charge in [0.25, 0.3) is 0 Å². The molecule has 0 radical (unpaired) electrons. The Hall–Kier alpha value is -1.51. The first-order chi connectivity index (χ1) is 5.88. The van der Waals surface area contributed by atoms with Crippen molar-refractivity contribution < 1.29 is 9.68 Å². The summed E-state index contributed by atoms with van der Waals surface area (Å²) in [7, 11) is 0. The molecule has 0 aromatic heterocycles. The minimum atomic E-state index is 0.331. The molecule has 1 aliphatic heterocycles. The van der Waals surface area contributed by atoms with Crippen molar-refractivity contribution in [3.05, 3.63) is 24.3 Å². The third-order valence-corrected chi connectivity index (χ3v) is 1.94. The molecule has 0 saturated heterocycles. The van der Waals surface area contributed by atoms with Gasteiger partial charge >= 0.3 is 0 Å². The normalized spacial score (nSPS) is 15.5. The Bertz CT molecular complexity index is 320. The van der Waals surface area contributed by atoms with Crippen LogP contribution in [-0.4, -0.2) is 29.1 Å². The zero-order valence-electron chi connectivity index (χ0n) is 6.70. The summed E-state index contributed by atoms with van der Waals surface area (Å²) in [6.45, 7) is 1.85. The van der Waals surface area contributed by atoms with E-state index in [1.807, 2.05) is 29.1 Å². The highest BCUT2D eigenvalue weighted by atomic mass is 16.3. The minimum Gasteiger partial charge on any atom is -0.504 e. The number of para-hydroxylation sites is 2. The Balaban J connectivity index is 2.39. The molecule has 0 atom stereocenters. The van der Waals surface area contributed by atoms with Gasteiger partial charge in [-0.1, -0.05) is 12.1 Å². The lowest BCUT2D eigenvalue weighted by Crippen LogP contribution is -2.05. The molecule has 0 unspecified atom stereocenters. The largest absolute Gasteiger partial charge is 0.504 e. The summed E-state index contributed by atoms with van der Waals surface area (Å²) in [4.78, 5) is 0. The quantitative estimate of drug-likeness (QED) is 0.597. The van der Waals surface area contributed by atoms with Gasteiger partial charge < -0.3 is 5.11 Å². The van der Waals surface area contributed by atoms with Crippen LogP contribution in [0.15, 0.2) is 24.3 Å². The molecule has 0 amide bonds. The first kappa shape index (κ1) is 7.16. The van der Waals surface area contributed by atoms with Crippen LogP contribution >= 0.6 is 0 Å². The minimum absolute atomic E-state index is 0.331.